The molecule has 1 atom stereocenters. The molecule has 4 heteroatoms. The lowest BCUT2D eigenvalue weighted by molar-refractivity contribution is -0.137. The number of aromatic hydroxyl groups is 1. The van der Waals surface area contributed by atoms with Gasteiger partial charge in [-0.15, -0.1) is 0 Å². The molecule has 0 aliphatic heterocycles. The van der Waals surface area contributed by atoms with E-state index in [2.05, 4.69) is 76.8 Å². The fraction of sp³-hybridized carbons (Fsp3) is 0.552. The first-order chi connectivity index (χ1) is 15.7. The first kappa shape index (κ1) is 28.7. The summed E-state index contributed by atoms with van der Waals surface area (Å²) in [4.78, 5) is 12.5. The van der Waals surface area contributed by atoms with Gasteiger partial charge in [-0.05, 0) is 65.6 Å². The zero-order chi connectivity index (χ0) is 24.8. The molecule has 0 bridgehead atoms. The number of rotatable bonds is 12. The summed E-state index contributed by atoms with van der Waals surface area (Å²) in [5.74, 6) is -0.0627. The maximum Gasteiger partial charge on any atom is 0.303 e. The van der Waals surface area contributed by atoms with Crippen molar-refractivity contribution in [2.24, 2.45) is 0 Å². The topological polar surface area (TPSA) is 60.8 Å². The number of phenolic OH excluding ortho intramolecular Hbond substituents is 1. The second-order valence-corrected chi connectivity index (χ2v) is 9.44. The van der Waals surface area contributed by atoms with Crippen molar-refractivity contribution < 1.29 is 15.0 Å². The first-order valence-electron chi connectivity index (χ1n) is 12.5. The molecule has 0 radical (unpaired) electrons. The molecule has 0 spiro atoms. The standard InChI is InChI=1S/C22H31NO.C7H14O2/c1-16(2)23(17(3)4)14-13-20(19-9-7-6-8-10-19)21-15-18(5)11-12-22(21)24;1-2-3-4-5-6-7(8)9/h6-12,15-17,20,24H,13-14H2,1-5H3;2-6H2,1H3,(H,8,9)/t20-;/m1./s1. The maximum atomic E-state index is 10.4. The maximum absolute atomic E-state index is 10.4. The monoisotopic (exact) mass is 455 g/mol. The molecule has 0 aliphatic rings. The van der Waals surface area contributed by atoms with E-state index in [0.717, 1.165) is 37.8 Å². The summed E-state index contributed by atoms with van der Waals surface area (Å²) in [7, 11) is 0. The van der Waals surface area contributed by atoms with Gasteiger partial charge in [-0.25, -0.2) is 0 Å². The number of hydrogen-bond acceptors (Lipinski definition) is 3. The van der Waals surface area contributed by atoms with Crippen LogP contribution in [-0.2, 0) is 4.79 Å². The van der Waals surface area contributed by atoms with Crippen LogP contribution >= 0.6 is 0 Å². The normalized spacial score (nSPS) is 12.0. The number of nitrogens with zero attached hydrogens (tertiary/aromatic N) is 1. The highest BCUT2D eigenvalue weighted by molar-refractivity contribution is 5.66. The molecule has 0 saturated carbocycles. The third-order valence-corrected chi connectivity index (χ3v) is 6.01. The lowest BCUT2D eigenvalue weighted by atomic mass is 9.87. The molecule has 0 amide bonds. The van der Waals surface area contributed by atoms with E-state index in [-0.39, 0.29) is 5.92 Å². The minimum Gasteiger partial charge on any atom is -0.508 e. The van der Waals surface area contributed by atoms with Gasteiger partial charge in [0.25, 0.3) is 0 Å². The van der Waals surface area contributed by atoms with E-state index >= 15 is 0 Å². The molecule has 2 N–H and O–H groups in total. The molecule has 0 aliphatic carbocycles. The number of benzene rings is 2. The Hall–Kier alpha value is -2.33. The van der Waals surface area contributed by atoms with Crippen LogP contribution in [0.1, 0.15) is 95.8 Å². The summed E-state index contributed by atoms with van der Waals surface area (Å²) in [5, 5.41) is 18.6. The van der Waals surface area contributed by atoms with Gasteiger partial charge in [0.15, 0.2) is 0 Å². The molecule has 0 saturated heterocycles. The summed E-state index contributed by atoms with van der Waals surface area (Å²) in [6, 6.07) is 17.5. The van der Waals surface area contributed by atoms with Crippen molar-refractivity contribution in [3.63, 3.8) is 0 Å². The van der Waals surface area contributed by atoms with E-state index < -0.39 is 5.97 Å². The molecule has 0 unspecified atom stereocenters. The van der Waals surface area contributed by atoms with Crippen molar-refractivity contribution in [3.05, 3.63) is 65.2 Å². The third-order valence-electron chi connectivity index (χ3n) is 6.01. The Labute approximate surface area is 201 Å². The SMILES string of the molecule is CCCCCCC(=O)O.Cc1ccc(O)c([C@H](CCN(C(C)C)C(C)C)c2ccccc2)c1. The summed E-state index contributed by atoms with van der Waals surface area (Å²) in [6.45, 7) is 14.2. The Balaban J connectivity index is 0.000000513. The number of unbranched alkanes of at least 4 members (excludes halogenated alkanes) is 3. The number of carbonyl (C=O) groups is 1. The fourth-order valence-corrected chi connectivity index (χ4v) is 4.23. The number of hydrogen-bond donors (Lipinski definition) is 2. The largest absolute Gasteiger partial charge is 0.508 e. The van der Waals surface area contributed by atoms with Crippen molar-refractivity contribution >= 4 is 5.97 Å². The molecule has 2 rings (SSSR count). The van der Waals surface area contributed by atoms with E-state index in [1.54, 1.807) is 0 Å². The Kier molecular flexibility index (Phi) is 13.5. The smallest absolute Gasteiger partial charge is 0.303 e. The van der Waals surface area contributed by atoms with Gasteiger partial charge in [0, 0.05) is 30.0 Å². The van der Waals surface area contributed by atoms with Gasteiger partial charge < -0.3 is 10.2 Å². The van der Waals surface area contributed by atoms with Crippen LogP contribution in [0.5, 0.6) is 5.75 Å². The highest BCUT2D eigenvalue weighted by Crippen LogP contribution is 2.35. The quantitative estimate of drug-likeness (QED) is 0.328. The third kappa shape index (κ3) is 10.9. The zero-order valence-electron chi connectivity index (χ0n) is 21.6. The van der Waals surface area contributed by atoms with E-state index in [1.165, 1.54) is 17.5 Å². The second-order valence-electron chi connectivity index (χ2n) is 9.44. The van der Waals surface area contributed by atoms with Crippen LogP contribution in [0.15, 0.2) is 48.5 Å². The predicted octanol–water partition coefficient (Wildman–Crippen LogP) is 7.38. The van der Waals surface area contributed by atoms with Crippen LogP contribution in [0.25, 0.3) is 0 Å². The van der Waals surface area contributed by atoms with Crippen molar-refractivity contribution in [2.45, 2.75) is 98.1 Å². The molecular formula is C29H45NO3. The second kappa shape index (κ2) is 15.5. The lowest BCUT2D eigenvalue weighted by Gasteiger charge is -2.32. The molecule has 2 aromatic rings. The van der Waals surface area contributed by atoms with E-state index in [4.69, 9.17) is 5.11 Å². The van der Waals surface area contributed by atoms with E-state index in [1.807, 2.05) is 18.2 Å². The lowest BCUT2D eigenvalue weighted by Crippen LogP contribution is -2.38. The van der Waals surface area contributed by atoms with Gasteiger partial charge in [-0.2, -0.15) is 0 Å². The summed E-state index contributed by atoms with van der Waals surface area (Å²) in [6.07, 6.45) is 5.55. The zero-order valence-corrected chi connectivity index (χ0v) is 21.6. The number of aliphatic carboxylic acids is 1. The molecule has 0 aromatic heterocycles. The fourth-order valence-electron chi connectivity index (χ4n) is 4.23. The van der Waals surface area contributed by atoms with Gasteiger partial charge >= 0.3 is 5.97 Å². The number of aryl methyl sites for hydroxylation is 1. The van der Waals surface area contributed by atoms with Crippen LogP contribution in [0.4, 0.5) is 0 Å². The number of carboxylic acid groups (broad SMARTS) is 1. The Bertz CT molecular complexity index is 794. The predicted molar refractivity (Wildman–Crippen MR) is 139 cm³/mol. The molecule has 0 heterocycles. The number of carboxylic acids is 1. The highest BCUT2D eigenvalue weighted by Gasteiger charge is 2.21. The summed E-state index contributed by atoms with van der Waals surface area (Å²) >= 11 is 0. The summed E-state index contributed by atoms with van der Waals surface area (Å²) < 4.78 is 0. The summed E-state index contributed by atoms with van der Waals surface area (Å²) in [5.41, 5.74) is 3.49. The Morgan fingerprint density at radius 2 is 1.58 bits per heavy atom. The molecule has 33 heavy (non-hydrogen) atoms. The van der Waals surface area contributed by atoms with Gasteiger partial charge in [0.2, 0.25) is 0 Å². The van der Waals surface area contributed by atoms with E-state index in [0.29, 0.717) is 24.3 Å². The van der Waals surface area contributed by atoms with Crippen LogP contribution < -0.4 is 0 Å². The van der Waals surface area contributed by atoms with Crippen LogP contribution in [-0.4, -0.2) is 39.7 Å². The van der Waals surface area contributed by atoms with Crippen LogP contribution in [0, 0.1) is 6.92 Å². The van der Waals surface area contributed by atoms with Crippen molar-refractivity contribution in [3.8, 4) is 5.75 Å². The van der Waals surface area contributed by atoms with Crippen molar-refractivity contribution in [2.75, 3.05) is 6.54 Å². The Morgan fingerprint density at radius 1 is 0.939 bits per heavy atom. The van der Waals surface area contributed by atoms with Gasteiger partial charge in [0.1, 0.15) is 5.75 Å². The minimum absolute atomic E-state index is 0.214. The molecule has 4 nitrogen and oxygen atoms in total. The average Bonchev–Trinajstić information content (AvgIpc) is 2.76. The van der Waals surface area contributed by atoms with Crippen molar-refractivity contribution in [1.29, 1.82) is 0 Å². The molecule has 2 aromatic carbocycles. The minimum atomic E-state index is -0.675. The van der Waals surface area contributed by atoms with Gasteiger partial charge in [0.05, 0.1) is 0 Å². The van der Waals surface area contributed by atoms with Gasteiger partial charge in [-0.1, -0.05) is 74.2 Å². The number of phenols is 1. The molecule has 0 fully saturated rings. The van der Waals surface area contributed by atoms with Crippen LogP contribution in [0.3, 0.4) is 0 Å². The molecule has 184 valence electrons. The van der Waals surface area contributed by atoms with Crippen LogP contribution in [0.2, 0.25) is 0 Å². The van der Waals surface area contributed by atoms with E-state index in [9.17, 15) is 9.90 Å². The molecular weight excluding hydrogens is 410 g/mol. The van der Waals surface area contributed by atoms with Gasteiger partial charge in [-0.3, -0.25) is 9.69 Å². The first-order valence-corrected chi connectivity index (χ1v) is 12.5. The average molecular weight is 456 g/mol. The van der Waals surface area contributed by atoms with Crippen molar-refractivity contribution in [1.82, 2.24) is 4.90 Å². The Morgan fingerprint density at radius 3 is 2.12 bits per heavy atom. The highest BCUT2D eigenvalue weighted by atomic mass is 16.4.